The summed E-state index contributed by atoms with van der Waals surface area (Å²) in [4.78, 5) is 0. The quantitative estimate of drug-likeness (QED) is 0.378. The number of rotatable bonds is 1. The molecular formula is C3H7O2S+. The highest BCUT2D eigenvalue weighted by atomic mass is 32.2. The van der Waals surface area contributed by atoms with Crippen LogP contribution in [0.25, 0.3) is 0 Å². The lowest BCUT2D eigenvalue weighted by Crippen LogP contribution is -1.97. The normalized spacial score (nSPS) is 19.5. The average molecular weight is 107 g/mol. The third-order valence-corrected chi connectivity index (χ3v) is 0.957. The second-order valence-corrected chi connectivity index (χ2v) is 2.93. The van der Waals surface area contributed by atoms with Gasteiger partial charge in [-0.25, -0.2) is 4.21 Å². The Morgan fingerprint density at radius 2 is 2.17 bits per heavy atom. The minimum Gasteiger partial charge on any atom is -0.311 e. The molecule has 0 spiro atoms. The molecule has 0 radical (unpaired) electrons. The van der Waals surface area contributed by atoms with Gasteiger partial charge in [0.15, 0.2) is 5.75 Å². The van der Waals surface area contributed by atoms with Crippen LogP contribution in [0.3, 0.4) is 0 Å². The van der Waals surface area contributed by atoms with E-state index in [1.165, 1.54) is 0 Å². The van der Waals surface area contributed by atoms with Crippen LogP contribution in [0, 0.1) is 6.92 Å². The standard InChI is InChI=1S/C3H6O2S/c1-3-6(2,4)5/h1-3H2/p+1. The van der Waals surface area contributed by atoms with Crippen molar-refractivity contribution in [3.05, 3.63) is 6.92 Å². The summed E-state index contributed by atoms with van der Waals surface area (Å²) in [6.45, 7) is 3.17. The Labute approximate surface area is 38.0 Å². The van der Waals surface area contributed by atoms with E-state index < -0.39 is 9.80 Å². The highest BCUT2D eigenvalue weighted by Crippen LogP contribution is 1.74. The molecule has 0 amide bonds. The van der Waals surface area contributed by atoms with E-state index in [-0.39, 0.29) is 5.75 Å². The van der Waals surface area contributed by atoms with Gasteiger partial charge < -0.3 is 4.55 Å². The number of hydrogen-bond acceptors (Lipinski definition) is 1. The highest BCUT2D eigenvalue weighted by molar-refractivity contribution is 7.95. The summed E-state index contributed by atoms with van der Waals surface area (Å²) in [5.41, 5.74) is 0. The van der Waals surface area contributed by atoms with E-state index in [9.17, 15) is 4.21 Å². The molecule has 36 valence electrons. The monoisotopic (exact) mass is 107 g/mol. The molecule has 3 heteroatoms. The Kier molecular flexibility index (Phi) is 1.49. The van der Waals surface area contributed by atoms with Crippen LogP contribution in [0.15, 0.2) is 0 Å². The van der Waals surface area contributed by atoms with E-state index in [1.54, 1.807) is 0 Å². The van der Waals surface area contributed by atoms with Gasteiger partial charge in [-0.05, 0) is 5.87 Å². The Hall–Kier alpha value is -0.150. The first-order chi connectivity index (χ1) is 2.56. The van der Waals surface area contributed by atoms with Crippen LogP contribution < -0.4 is 0 Å². The molecule has 2 nitrogen and oxygen atoms in total. The van der Waals surface area contributed by atoms with Crippen molar-refractivity contribution >= 4 is 15.7 Å². The van der Waals surface area contributed by atoms with E-state index in [0.29, 0.717) is 0 Å². The van der Waals surface area contributed by atoms with E-state index >= 15 is 0 Å². The van der Waals surface area contributed by atoms with Gasteiger partial charge in [0.2, 0.25) is 0 Å². The van der Waals surface area contributed by atoms with Gasteiger partial charge in [0, 0.05) is 0 Å². The number of hydrogen-bond donors (Lipinski definition) is 1. The van der Waals surface area contributed by atoms with Crippen LogP contribution >= 0.6 is 0 Å². The SMILES string of the molecule is C=S(=O)(O)C[CH2+]. The molecule has 0 aromatic rings. The van der Waals surface area contributed by atoms with E-state index in [4.69, 9.17) is 4.55 Å². The predicted octanol–water partition coefficient (Wildman–Crippen LogP) is 0.00989. The van der Waals surface area contributed by atoms with E-state index in [1.807, 2.05) is 0 Å². The zero-order valence-corrected chi connectivity index (χ0v) is 4.20. The van der Waals surface area contributed by atoms with Crippen molar-refractivity contribution < 1.29 is 8.76 Å². The molecule has 1 unspecified atom stereocenters. The van der Waals surface area contributed by atoms with Crippen LogP contribution in [0.4, 0.5) is 0 Å². The Balaban J connectivity index is 3.85. The molecule has 0 aliphatic heterocycles. The predicted molar refractivity (Wildman–Crippen MR) is 28.1 cm³/mol. The van der Waals surface area contributed by atoms with Gasteiger partial charge in [0.1, 0.15) is 9.80 Å². The molecule has 1 atom stereocenters. The molecule has 0 aliphatic rings. The van der Waals surface area contributed by atoms with Gasteiger partial charge >= 0.3 is 0 Å². The van der Waals surface area contributed by atoms with Crippen LogP contribution in [-0.4, -0.2) is 20.4 Å². The zero-order valence-electron chi connectivity index (χ0n) is 3.39. The highest BCUT2D eigenvalue weighted by Gasteiger charge is 1.91. The maximum Gasteiger partial charge on any atom is 0.174 e. The summed E-state index contributed by atoms with van der Waals surface area (Å²) in [6, 6.07) is 0. The largest absolute Gasteiger partial charge is 0.311 e. The minimum absolute atomic E-state index is 0.00694. The van der Waals surface area contributed by atoms with Crippen LogP contribution in [-0.2, 0) is 9.80 Å². The van der Waals surface area contributed by atoms with Crippen molar-refractivity contribution in [3.8, 4) is 0 Å². The fourth-order valence-corrected chi connectivity index (χ4v) is 0. The van der Waals surface area contributed by atoms with Gasteiger partial charge in [-0.2, -0.15) is 0 Å². The first-order valence-corrected chi connectivity index (χ1v) is 3.28. The average Bonchev–Trinajstić information content (AvgIpc) is 1.35. The van der Waals surface area contributed by atoms with Crippen LogP contribution in [0.1, 0.15) is 0 Å². The molecule has 0 aromatic carbocycles. The third kappa shape index (κ3) is 3.85. The van der Waals surface area contributed by atoms with Gasteiger partial charge in [0.05, 0.1) is 6.92 Å². The van der Waals surface area contributed by atoms with Crippen molar-refractivity contribution in [3.63, 3.8) is 0 Å². The Bertz CT molecular complexity index is 111. The first-order valence-electron chi connectivity index (χ1n) is 1.43. The molecule has 0 saturated carbocycles. The summed E-state index contributed by atoms with van der Waals surface area (Å²) in [5, 5.41) is 0. The Morgan fingerprint density at radius 3 is 2.17 bits per heavy atom. The molecule has 0 fully saturated rings. The lowest BCUT2D eigenvalue weighted by atomic mass is 11.0. The van der Waals surface area contributed by atoms with Crippen molar-refractivity contribution in [2.24, 2.45) is 0 Å². The van der Waals surface area contributed by atoms with Crippen molar-refractivity contribution in [2.45, 2.75) is 0 Å². The fraction of sp³-hybridized carbons (Fsp3) is 0.333. The van der Waals surface area contributed by atoms with Gasteiger partial charge in [-0.15, -0.1) is 0 Å². The molecule has 1 N–H and O–H groups in total. The summed E-state index contributed by atoms with van der Waals surface area (Å²) in [5.74, 6) is 2.90. The fourth-order valence-electron chi connectivity index (χ4n) is 0. The minimum atomic E-state index is -2.77. The summed E-state index contributed by atoms with van der Waals surface area (Å²) in [7, 11) is -2.77. The molecule has 0 bridgehead atoms. The van der Waals surface area contributed by atoms with Crippen molar-refractivity contribution in [1.82, 2.24) is 0 Å². The maximum absolute atomic E-state index is 9.94. The zero-order chi connectivity index (χ0) is 5.21. The second kappa shape index (κ2) is 1.53. The molecule has 0 rings (SSSR count). The van der Waals surface area contributed by atoms with Crippen molar-refractivity contribution in [2.75, 3.05) is 5.75 Å². The van der Waals surface area contributed by atoms with Gasteiger partial charge in [-0.3, -0.25) is 0 Å². The molecule has 0 saturated heterocycles. The summed E-state index contributed by atoms with van der Waals surface area (Å²) in [6.07, 6.45) is 0. The maximum atomic E-state index is 9.94. The van der Waals surface area contributed by atoms with E-state index in [2.05, 4.69) is 12.8 Å². The third-order valence-electron chi connectivity index (χ3n) is 0.319. The lowest BCUT2D eigenvalue weighted by molar-refractivity contribution is 0.563. The van der Waals surface area contributed by atoms with Gasteiger partial charge in [-0.1, -0.05) is 0 Å². The first kappa shape index (κ1) is 5.85. The smallest absolute Gasteiger partial charge is 0.174 e. The molecular weight excluding hydrogens is 100 g/mol. The molecule has 0 aliphatic carbocycles. The lowest BCUT2D eigenvalue weighted by Gasteiger charge is -1.82. The summed E-state index contributed by atoms with van der Waals surface area (Å²) >= 11 is 0. The second-order valence-electron chi connectivity index (χ2n) is 0.977. The molecule has 0 aromatic heterocycles. The van der Waals surface area contributed by atoms with E-state index in [0.717, 1.165) is 0 Å². The topological polar surface area (TPSA) is 37.3 Å². The Morgan fingerprint density at radius 1 is 2.00 bits per heavy atom. The molecule has 0 heterocycles. The van der Waals surface area contributed by atoms with Crippen LogP contribution in [0.2, 0.25) is 0 Å². The molecule has 6 heavy (non-hydrogen) atoms. The summed E-state index contributed by atoms with van der Waals surface area (Å²) < 4.78 is 18.1. The van der Waals surface area contributed by atoms with Crippen molar-refractivity contribution in [1.29, 1.82) is 0 Å². The van der Waals surface area contributed by atoms with Gasteiger partial charge in [0.25, 0.3) is 0 Å². The van der Waals surface area contributed by atoms with Crippen LogP contribution in [0.5, 0.6) is 0 Å².